The van der Waals surface area contributed by atoms with Crippen LogP contribution in [0.1, 0.15) is 19.6 Å². The number of aryl methyl sites for hydroxylation is 1. The highest BCUT2D eigenvalue weighted by atomic mass is 16.6. The van der Waals surface area contributed by atoms with Crippen molar-refractivity contribution in [3.8, 4) is 11.5 Å². The first-order valence-corrected chi connectivity index (χ1v) is 8.80. The zero-order valence-corrected chi connectivity index (χ0v) is 14.7. The smallest absolute Gasteiger partial charge is 0.281 e. The van der Waals surface area contributed by atoms with Gasteiger partial charge < -0.3 is 25.0 Å². The van der Waals surface area contributed by atoms with Crippen LogP contribution < -0.4 is 5.56 Å². The topological polar surface area (TPSA) is 138 Å². The number of ether oxygens (including phenoxy) is 1. The summed E-state index contributed by atoms with van der Waals surface area (Å²) in [5.74, 6) is 0.351. The van der Waals surface area contributed by atoms with Crippen LogP contribution in [0, 0.1) is 0 Å². The van der Waals surface area contributed by atoms with Crippen molar-refractivity contribution in [1.29, 1.82) is 0 Å². The number of nitrogens with zero attached hydrogens (tertiary/aromatic N) is 4. The SMILES string of the molecule is CCCn1cnc2c(nc(-c3ccc[nH]3)n2[C@@H]2O[C@H](CO)[C@@H](O)[C@H]2O)c1=O. The monoisotopic (exact) mass is 375 g/mol. The summed E-state index contributed by atoms with van der Waals surface area (Å²) in [6, 6.07) is 3.54. The number of fused-ring (bicyclic) bond motifs is 1. The normalized spacial score (nSPS) is 25.5. The lowest BCUT2D eigenvalue weighted by atomic mass is 10.1. The molecule has 4 N–H and O–H groups in total. The van der Waals surface area contributed by atoms with Gasteiger partial charge in [-0.1, -0.05) is 6.92 Å². The van der Waals surface area contributed by atoms with Gasteiger partial charge in [0, 0.05) is 12.7 Å². The molecular weight excluding hydrogens is 354 g/mol. The molecule has 10 heteroatoms. The first-order chi connectivity index (χ1) is 13.1. The van der Waals surface area contributed by atoms with Crippen molar-refractivity contribution < 1.29 is 20.1 Å². The molecule has 4 rings (SSSR count). The summed E-state index contributed by atoms with van der Waals surface area (Å²) in [4.78, 5) is 24.6. The Bertz CT molecular complexity index is 995. The molecule has 3 aromatic heterocycles. The third-order valence-electron chi connectivity index (χ3n) is 4.74. The number of aromatic nitrogens is 5. The largest absolute Gasteiger partial charge is 0.394 e. The fourth-order valence-corrected chi connectivity index (χ4v) is 3.40. The number of imidazole rings is 1. The minimum Gasteiger partial charge on any atom is -0.394 e. The zero-order valence-electron chi connectivity index (χ0n) is 14.7. The number of hydrogen-bond donors (Lipinski definition) is 4. The van der Waals surface area contributed by atoms with Crippen LogP contribution in [0.4, 0.5) is 0 Å². The third-order valence-corrected chi connectivity index (χ3v) is 4.74. The Morgan fingerprint density at radius 3 is 2.78 bits per heavy atom. The Morgan fingerprint density at radius 2 is 2.15 bits per heavy atom. The first-order valence-electron chi connectivity index (χ1n) is 8.80. The minimum absolute atomic E-state index is 0.147. The number of hydrogen-bond acceptors (Lipinski definition) is 7. The van der Waals surface area contributed by atoms with Gasteiger partial charge in [0.05, 0.1) is 12.3 Å². The molecule has 0 aromatic carbocycles. The summed E-state index contributed by atoms with van der Waals surface area (Å²) in [7, 11) is 0. The number of aromatic amines is 1. The van der Waals surface area contributed by atoms with Crippen molar-refractivity contribution in [3.63, 3.8) is 0 Å². The minimum atomic E-state index is -1.31. The highest BCUT2D eigenvalue weighted by Gasteiger charge is 2.45. The fraction of sp³-hybridized carbons (Fsp3) is 0.471. The van der Waals surface area contributed by atoms with Gasteiger partial charge in [0.15, 0.2) is 23.2 Å². The van der Waals surface area contributed by atoms with E-state index in [0.717, 1.165) is 6.42 Å². The molecule has 1 aliphatic rings. The van der Waals surface area contributed by atoms with Crippen molar-refractivity contribution in [2.75, 3.05) is 6.61 Å². The van der Waals surface area contributed by atoms with E-state index in [1.54, 1.807) is 18.3 Å². The lowest BCUT2D eigenvalue weighted by Crippen LogP contribution is -2.33. The summed E-state index contributed by atoms with van der Waals surface area (Å²) in [6.07, 6.45) is -0.659. The van der Waals surface area contributed by atoms with Crippen molar-refractivity contribution in [2.24, 2.45) is 0 Å². The molecule has 0 unspecified atom stereocenters. The van der Waals surface area contributed by atoms with Crippen molar-refractivity contribution >= 4 is 11.2 Å². The average molecular weight is 375 g/mol. The zero-order chi connectivity index (χ0) is 19.1. The first kappa shape index (κ1) is 17.9. The molecule has 0 amide bonds. The summed E-state index contributed by atoms with van der Waals surface area (Å²) in [5.41, 5.74) is 0.701. The molecule has 0 bridgehead atoms. The van der Waals surface area contributed by atoms with E-state index in [4.69, 9.17) is 4.74 Å². The van der Waals surface area contributed by atoms with E-state index in [1.165, 1.54) is 15.5 Å². The van der Waals surface area contributed by atoms with Gasteiger partial charge in [0.25, 0.3) is 5.56 Å². The summed E-state index contributed by atoms with van der Waals surface area (Å²) in [6.45, 7) is 2.02. The Balaban J connectivity index is 1.94. The van der Waals surface area contributed by atoms with E-state index >= 15 is 0 Å². The maximum Gasteiger partial charge on any atom is 0.281 e. The molecule has 1 saturated heterocycles. The van der Waals surface area contributed by atoms with Crippen LogP contribution in [-0.2, 0) is 11.3 Å². The predicted octanol–water partition coefficient (Wildman–Crippen LogP) is -0.390. The molecule has 4 atom stereocenters. The van der Waals surface area contributed by atoms with Crippen LogP contribution >= 0.6 is 0 Å². The standard InChI is InChI=1S/C17H21N5O5/c1-2-6-21-8-19-15-11(16(21)26)20-14(9-4-3-5-18-9)22(15)17-13(25)12(24)10(7-23)27-17/h3-5,8,10,12-13,17-18,23-25H,2,6-7H2,1H3/t10-,12-,13-,17-/m1/s1. The number of H-pyrrole nitrogens is 1. The Kier molecular flexibility index (Phi) is 4.56. The number of nitrogens with one attached hydrogen (secondary N) is 1. The van der Waals surface area contributed by atoms with E-state index in [-0.39, 0.29) is 16.7 Å². The molecule has 4 heterocycles. The van der Waals surface area contributed by atoms with Crippen LogP contribution in [0.5, 0.6) is 0 Å². The van der Waals surface area contributed by atoms with Crippen molar-refractivity contribution in [3.05, 3.63) is 35.0 Å². The van der Waals surface area contributed by atoms with Crippen molar-refractivity contribution in [1.82, 2.24) is 24.1 Å². The number of aliphatic hydroxyl groups is 3. The van der Waals surface area contributed by atoms with Crippen molar-refractivity contribution in [2.45, 2.75) is 44.4 Å². The second-order valence-electron chi connectivity index (χ2n) is 6.53. The van der Waals surface area contributed by atoms with Crippen LogP contribution in [0.2, 0.25) is 0 Å². The van der Waals surface area contributed by atoms with Gasteiger partial charge in [-0.2, -0.15) is 0 Å². The van der Waals surface area contributed by atoms with Gasteiger partial charge in [-0.05, 0) is 18.6 Å². The molecule has 0 aliphatic carbocycles. The number of rotatable bonds is 5. The summed E-state index contributed by atoms with van der Waals surface area (Å²) < 4.78 is 8.62. The van der Waals surface area contributed by atoms with Gasteiger partial charge >= 0.3 is 0 Å². The van der Waals surface area contributed by atoms with E-state index < -0.39 is 31.1 Å². The summed E-state index contributed by atoms with van der Waals surface area (Å²) in [5, 5.41) is 30.0. The molecule has 1 aliphatic heterocycles. The van der Waals surface area contributed by atoms with Gasteiger partial charge in [-0.25, -0.2) is 9.97 Å². The van der Waals surface area contributed by atoms with E-state index in [1.807, 2.05) is 6.92 Å². The van der Waals surface area contributed by atoms with Gasteiger partial charge in [-0.3, -0.25) is 13.9 Å². The van der Waals surface area contributed by atoms with Gasteiger partial charge in [-0.15, -0.1) is 0 Å². The molecule has 27 heavy (non-hydrogen) atoms. The molecule has 144 valence electrons. The van der Waals surface area contributed by atoms with Gasteiger partial charge in [0.1, 0.15) is 24.6 Å². The molecular formula is C17H21N5O5. The van der Waals surface area contributed by atoms with E-state index in [2.05, 4.69) is 15.0 Å². The maximum absolute atomic E-state index is 12.8. The molecule has 3 aromatic rings. The maximum atomic E-state index is 12.8. The van der Waals surface area contributed by atoms with Crippen LogP contribution in [0.3, 0.4) is 0 Å². The second kappa shape index (κ2) is 6.89. The highest BCUT2D eigenvalue weighted by molar-refractivity contribution is 5.75. The number of aliphatic hydroxyl groups excluding tert-OH is 3. The lowest BCUT2D eigenvalue weighted by molar-refractivity contribution is -0.0503. The predicted molar refractivity (Wildman–Crippen MR) is 94.9 cm³/mol. The molecule has 0 spiro atoms. The van der Waals surface area contributed by atoms with Crippen LogP contribution in [0.25, 0.3) is 22.7 Å². The third kappa shape index (κ3) is 2.77. The lowest BCUT2D eigenvalue weighted by Gasteiger charge is -2.19. The Hall–Kier alpha value is -2.53. The van der Waals surface area contributed by atoms with Crippen LogP contribution in [0.15, 0.2) is 29.5 Å². The Morgan fingerprint density at radius 1 is 1.33 bits per heavy atom. The quantitative estimate of drug-likeness (QED) is 0.476. The highest BCUT2D eigenvalue weighted by Crippen LogP contribution is 2.34. The molecule has 0 radical (unpaired) electrons. The summed E-state index contributed by atoms with van der Waals surface area (Å²) >= 11 is 0. The second-order valence-corrected chi connectivity index (χ2v) is 6.53. The van der Waals surface area contributed by atoms with Gasteiger partial charge in [0.2, 0.25) is 0 Å². The fourth-order valence-electron chi connectivity index (χ4n) is 3.40. The average Bonchev–Trinajstić information content (AvgIpc) is 3.37. The van der Waals surface area contributed by atoms with Crippen LogP contribution in [-0.4, -0.2) is 64.3 Å². The Labute approximate surface area is 153 Å². The molecule has 0 saturated carbocycles. The molecule has 10 nitrogen and oxygen atoms in total. The van der Waals surface area contributed by atoms with E-state index in [0.29, 0.717) is 18.1 Å². The molecule has 1 fully saturated rings. The van der Waals surface area contributed by atoms with E-state index in [9.17, 15) is 20.1 Å².